The molecular weight excluding hydrogens is 278 g/mol. The molecule has 2 N–H and O–H groups in total. The number of amides is 1. The third kappa shape index (κ3) is 2.75. The van der Waals surface area contributed by atoms with Crippen LogP contribution in [0.5, 0.6) is 0 Å². The predicted octanol–water partition coefficient (Wildman–Crippen LogP) is 2.18. The Morgan fingerprint density at radius 3 is 2.50 bits per heavy atom. The molecule has 0 aliphatic carbocycles. The highest BCUT2D eigenvalue weighted by Crippen LogP contribution is 2.27. The highest BCUT2D eigenvalue weighted by molar-refractivity contribution is 5.96. The molecule has 0 aromatic heterocycles. The Bertz CT molecular complexity index is 692. The van der Waals surface area contributed by atoms with E-state index in [2.05, 4.69) is 0 Å². The van der Waals surface area contributed by atoms with Crippen molar-refractivity contribution >= 4 is 5.91 Å². The minimum Gasteiger partial charge on any atom is -0.392 e. The van der Waals surface area contributed by atoms with Gasteiger partial charge in [0.15, 0.2) is 0 Å². The molecule has 0 atom stereocenters. The Balaban J connectivity index is 1.96. The predicted molar refractivity (Wildman–Crippen MR) is 84.2 cm³/mol. The summed E-state index contributed by atoms with van der Waals surface area (Å²) < 4.78 is 0. The molecule has 2 aromatic rings. The molecular formula is C18H19NO3. The van der Waals surface area contributed by atoms with Gasteiger partial charge in [0.2, 0.25) is 0 Å². The third-order valence-electron chi connectivity index (χ3n) is 4.09. The van der Waals surface area contributed by atoms with Gasteiger partial charge in [-0.1, -0.05) is 30.3 Å². The van der Waals surface area contributed by atoms with Crippen LogP contribution in [-0.2, 0) is 13.2 Å². The summed E-state index contributed by atoms with van der Waals surface area (Å²) in [7, 11) is 0. The minimum absolute atomic E-state index is 0.0548. The molecule has 0 spiro atoms. The second kappa shape index (κ2) is 6.30. The molecule has 114 valence electrons. The maximum Gasteiger partial charge on any atom is 0.253 e. The first-order valence-electron chi connectivity index (χ1n) is 7.46. The largest absolute Gasteiger partial charge is 0.392 e. The van der Waals surface area contributed by atoms with E-state index in [0.29, 0.717) is 5.56 Å². The van der Waals surface area contributed by atoms with Crippen molar-refractivity contribution in [3.8, 4) is 11.1 Å². The first-order chi connectivity index (χ1) is 10.7. The molecule has 1 aliphatic rings. The number of benzene rings is 2. The Morgan fingerprint density at radius 2 is 1.86 bits per heavy atom. The van der Waals surface area contributed by atoms with E-state index in [1.807, 2.05) is 41.3 Å². The second-order valence-corrected chi connectivity index (χ2v) is 5.53. The van der Waals surface area contributed by atoms with Crippen LogP contribution in [0.1, 0.15) is 27.9 Å². The zero-order valence-electron chi connectivity index (χ0n) is 12.3. The molecule has 1 saturated heterocycles. The highest BCUT2D eigenvalue weighted by atomic mass is 16.3. The fraction of sp³-hybridized carbons (Fsp3) is 0.278. The number of hydrogen-bond donors (Lipinski definition) is 2. The summed E-state index contributed by atoms with van der Waals surface area (Å²) in [6.07, 6.45) is 1.07. The van der Waals surface area contributed by atoms with Crippen LogP contribution in [0.3, 0.4) is 0 Å². The zero-order chi connectivity index (χ0) is 15.5. The highest BCUT2D eigenvalue weighted by Gasteiger charge is 2.21. The van der Waals surface area contributed by atoms with Crippen LogP contribution in [0.25, 0.3) is 11.1 Å². The summed E-state index contributed by atoms with van der Waals surface area (Å²) in [6, 6.07) is 13.0. The molecule has 4 heteroatoms. The molecule has 22 heavy (non-hydrogen) atoms. The van der Waals surface area contributed by atoms with Crippen molar-refractivity contribution in [1.82, 2.24) is 4.90 Å². The van der Waals surface area contributed by atoms with Crippen LogP contribution in [0.4, 0.5) is 0 Å². The Labute approximate surface area is 129 Å². The monoisotopic (exact) mass is 297 g/mol. The summed E-state index contributed by atoms with van der Waals surface area (Å²) in [5, 5.41) is 18.8. The van der Waals surface area contributed by atoms with E-state index in [0.717, 1.165) is 41.8 Å². The van der Waals surface area contributed by atoms with Crippen LogP contribution in [-0.4, -0.2) is 34.1 Å². The summed E-state index contributed by atoms with van der Waals surface area (Å²) >= 11 is 0. The van der Waals surface area contributed by atoms with Crippen LogP contribution < -0.4 is 0 Å². The van der Waals surface area contributed by atoms with E-state index < -0.39 is 0 Å². The molecule has 0 bridgehead atoms. The number of likely N-dealkylation sites (tertiary alicyclic amines) is 1. The lowest BCUT2D eigenvalue weighted by Crippen LogP contribution is -2.42. The molecule has 4 nitrogen and oxygen atoms in total. The molecule has 1 aliphatic heterocycles. The minimum atomic E-state index is -0.104. The van der Waals surface area contributed by atoms with Gasteiger partial charge in [-0.05, 0) is 40.8 Å². The molecule has 0 unspecified atom stereocenters. The van der Waals surface area contributed by atoms with Crippen molar-refractivity contribution in [1.29, 1.82) is 0 Å². The van der Waals surface area contributed by atoms with Crippen molar-refractivity contribution in [3.63, 3.8) is 0 Å². The standard InChI is InChI=1S/C18H19NO3/c20-11-13-5-6-17(16(9-13)12-21)14-3-1-4-15(10-14)18(22)19-7-2-8-19/h1,3-6,9-10,20-21H,2,7-8,11-12H2. The van der Waals surface area contributed by atoms with E-state index >= 15 is 0 Å². The van der Waals surface area contributed by atoms with Gasteiger partial charge in [0, 0.05) is 18.7 Å². The Morgan fingerprint density at radius 1 is 1.05 bits per heavy atom. The summed E-state index contributed by atoms with van der Waals surface area (Å²) in [5.41, 5.74) is 3.98. The topological polar surface area (TPSA) is 60.8 Å². The van der Waals surface area contributed by atoms with Crippen molar-refractivity contribution in [3.05, 3.63) is 59.2 Å². The lowest BCUT2D eigenvalue weighted by Gasteiger charge is -2.31. The Hall–Kier alpha value is -2.17. The van der Waals surface area contributed by atoms with Gasteiger partial charge in [-0.25, -0.2) is 0 Å². The number of rotatable bonds is 4. The van der Waals surface area contributed by atoms with Gasteiger partial charge < -0.3 is 15.1 Å². The van der Waals surface area contributed by atoms with Crippen molar-refractivity contribution in [2.75, 3.05) is 13.1 Å². The summed E-state index contributed by atoms with van der Waals surface area (Å²) in [6.45, 7) is 1.50. The van der Waals surface area contributed by atoms with Crippen LogP contribution in [0.15, 0.2) is 42.5 Å². The number of aliphatic hydroxyl groups excluding tert-OH is 2. The van der Waals surface area contributed by atoms with E-state index in [1.165, 1.54) is 0 Å². The third-order valence-corrected chi connectivity index (χ3v) is 4.09. The second-order valence-electron chi connectivity index (χ2n) is 5.53. The fourth-order valence-electron chi connectivity index (χ4n) is 2.68. The van der Waals surface area contributed by atoms with E-state index in [4.69, 9.17) is 0 Å². The SMILES string of the molecule is O=C(c1cccc(-c2ccc(CO)cc2CO)c1)N1CCC1. The quantitative estimate of drug-likeness (QED) is 0.909. The smallest absolute Gasteiger partial charge is 0.253 e. The fourth-order valence-corrected chi connectivity index (χ4v) is 2.68. The molecule has 0 saturated carbocycles. The number of carbonyl (C=O) groups is 1. The number of hydrogen-bond acceptors (Lipinski definition) is 3. The summed E-state index contributed by atoms with van der Waals surface area (Å²) in [4.78, 5) is 14.1. The first kappa shape index (κ1) is 14.8. The Kier molecular flexibility index (Phi) is 4.22. The maximum atomic E-state index is 12.3. The van der Waals surface area contributed by atoms with Gasteiger partial charge in [-0.2, -0.15) is 0 Å². The molecule has 1 fully saturated rings. The normalized spacial score (nSPS) is 13.8. The first-order valence-corrected chi connectivity index (χ1v) is 7.46. The number of nitrogens with zero attached hydrogens (tertiary/aromatic N) is 1. The van der Waals surface area contributed by atoms with Gasteiger partial charge in [0.25, 0.3) is 5.91 Å². The molecule has 0 radical (unpaired) electrons. The molecule has 1 amide bonds. The molecule has 3 rings (SSSR count). The van der Waals surface area contributed by atoms with E-state index in [-0.39, 0.29) is 19.1 Å². The van der Waals surface area contributed by atoms with Gasteiger partial charge in [-0.15, -0.1) is 0 Å². The van der Waals surface area contributed by atoms with E-state index in [1.54, 1.807) is 6.07 Å². The average molecular weight is 297 g/mol. The van der Waals surface area contributed by atoms with Crippen molar-refractivity contribution in [2.45, 2.75) is 19.6 Å². The van der Waals surface area contributed by atoms with Gasteiger partial charge in [-0.3, -0.25) is 4.79 Å². The average Bonchev–Trinajstić information content (AvgIpc) is 2.52. The molecule has 1 heterocycles. The molecule has 2 aromatic carbocycles. The zero-order valence-corrected chi connectivity index (χ0v) is 12.3. The van der Waals surface area contributed by atoms with Crippen LogP contribution in [0, 0.1) is 0 Å². The van der Waals surface area contributed by atoms with Gasteiger partial charge in [0.05, 0.1) is 13.2 Å². The lowest BCUT2D eigenvalue weighted by molar-refractivity contribution is 0.0652. The lowest BCUT2D eigenvalue weighted by atomic mass is 9.96. The number of carbonyl (C=O) groups excluding carboxylic acids is 1. The van der Waals surface area contributed by atoms with Crippen molar-refractivity contribution in [2.24, 2.45) is 0 Å². The van der Waals surface area contributed by atoms with Crippen LogP contribution in [0.2, 0.25) is 0 Å². The van der Waals surface area contributed by atoms with Crippen molar-refractivity contribution < 1.29 is 15.0 Å². The van der Waals surface area contributed by atoms with Gasteiger partial charge >= 0.3 is 0 Å². The maximum absolute atomic E-state index is 12.3. The summed E-state index contributed by atoms with van der Waals surface area (Å²) in [5.74, 6) is 0.0608. The van der Waals surface area contributed by atoms with Gasteiger partial charge in [0.1, 0.15) is 0 Å². The number of aliphatic hydroxyl groups is 2. The van der Waals surface area contributed by atoms with Crippen LogP contribution >= 0.6 is 0 Å². The van der Waals surface area contributed by atoms with E-state index in [9.17, 15) is 15.0 Å².